The Morgan fingerprint density at radius 2 is 1.94 bits per heavy atom. The SMILES string of the molecule is O=C(Nc1cc(F)ccc1F)C1CCCC1. The molecule has 0 bridgehead atoms. The van der Waals surface area contributed by atoms with Crippen LogP contribution in [0.25, 0.3) is 0 Å². The minimum absolute atomic E-state index is 0.0531. The maximum atomic E-state index is 13.2. The molecule has 0 aliphatic heterocycles. The van der Waals surface area contributed by atoms with Crippen molar-refractivity contribution >= 4 is 11.6 Å². The molecule has 0 radical (unpaired) electrons. The summed E-state index contributed by atoms with van der Waals surface area (Å²) in [5, 5.41) is 2.44. The molecule has 1 fully saturated rings. The van der Waals surface area contributed by atoms with Crippen molar-refractivity contribution in [2.75, 3.05) is 5.32 Å². The van der Waals surface area contributed by atoms with E-state index in [2.05, 4.69) is 5.32 Å². The molecule has 0 saturated heterocycles. The second-order valence-corrected chi connectivity index (χ2v) is 4.09. The molecule has 0 atom stereocenters. The summed E-state index contributed by atoms with van der Waals surface area (Å²) in [4.78, 5) is 11.7. The van der Waals surface area contributed by atoms with Gasteiger partial charge in [0.1, 0.15) is 11.6 Å². The monoisotopic (exact) mass is 225 g/mol. The van der Waals surface area contributed by atoms with Gasteiger partial charge in [-0.1, -0.05) is 12.8 Å². The minimum Gasteiger partial charge on any atom is -0.323 e. The largest absolute Gasteiger partial charge is 0.323 e. The number of carbonyl (C=O) groups excluding carboxylic acids is 1. The number of carbonyl (C=O) groups is 1. The van der Waals surface area contributed by atoms with Crippen LogP contribution in [-0.2, 0) is 4.79 Å². The Bertz CT molecular complexity index is 400. The molecular weight excluding hydrogens is 212 g/mol. The van der Waals surface area contributed by atoms with Crippen LogP contribution < -0.4 is 5.32 Å². The van der Waals surface area contributed by atoms with Crippen molar-refractivity contribution in [2.24, 2.45) is 5.92 Å². The second-order valence-electron chi connectivity index (χ2n) is 4.09. The normalized spacial score (nSPS) is 16.4. The van der Waals surface area contributed by atoms with E-state index in [1.54, 1.807) is 0 Å². The molecule has 4 heteroatoms. The molecule has 1 aromatic carbocycles. The highest BCUT2D eigenvalue weighted by Crippen LogP contribution is 2.26. The molecule has 1 saturated carbocycles. The van der Waals surface area contributed by atoms with E-state index in [-0.39, 0.29) is 17.5 Å². The summed E-state index contributed by atoms with van der Waals surface area (Å²) in [5.74, 6) is -1.42. The Labute approximate surface area is 92.7 Å². The first-order valence-electron chi connectivity index (χ1n) is 5.43. The topological polar surface area (TPSA) is 29.1 Å². The van der Waals surface area contributed by atoms with Gasteiger partial charge in [0, 0.05) is 12.0 Å². The fourth-order valence-electron chi connectivity index (χ4n) is 2.02. The van der Waals surface area contributed by atoms with Gasteiger partial charge in [-0.05, 0) is 25.0 Å². The first-order valence-corrected chi connectivity index (χ1v) is 5.43. The minimum atomic E-state index is -0.604. The third-order valence-electron chi connectivity index (χ3n) is 2.91. The number of nitrogens with one attached hydrogen (secondary N) is 1. The lowest BCUT2D eigenvalue weighted by Crippen LogP contribution is -2.21. The van der Waals surface area contributed by atoms with Gasteiger partial charge in [0.2, 0.25) is 5.91 Å². The molecule has 1 amide bonds. The number of anilines is 1. The van der Waals surface area contributed by atoms with E-state index in [9.17, 15) is 13.6 Å². The highest BCUT2D eigenvalue weighted by Gasteiger charge is 2.23. The number of hydrogen-bond donors (Lipinski definition) is 1. The lowest BCUT2D eigenvalue weighted by molar-refractivity contribution is -0.119. The molecule has 0 aromatic heterocycles. The highest BCUT2D eigenvalue weighted by atomic mass is 19.1. The van der Waals surface area contributed by atoms with Crippen LogP contribution in [0.4, 0.5) is 14.5 Å². The van der Waals surface area contributed by atoms with Crippen LogP contribution in [0.3, 0.4) is 0 Å². The van der Waals surface area contributed by atoms with E-state index in [1.165, 1.54) is 0 Å². The first-order chi connectivity index (χ1) is 7.66. The summed E-state index contributed by atoms with van der Waals surface area (Å²) in [6.07, 6.45) is 3.74. The maximum absolute atomic E-state index is 13.2. The van der Waals surface area contributed by atoms with Gasteiger partial charge in [-0.15, -0.1) is 0 Å². The van der Waals surface area contributed by atoms with E-state index in [1.807, 2.05) is 0 Å². The number of hydrogen-bond acceptors (Lipinski definition) is 1. The van der Waals surface area contributed by atoms with Gasteiger partial charge in [-0.3, -0.25) is 4.79 Å². The molecule has 86 valence electrons. The van der Waals surface area contributed by atoms with E-state index in [0.717, 1.165) is 43.9 Å². The van der Waals surface area contributed by atoms with E-state index in [4.69, 9.17) is 0 Å². The maximum Gasteiger partial charge on any atom is 0.227 e. The average molecular weight is 225 g/mol. The Morgan fingerprint density at radius 3 is 2.62 bits per heavy atom. The van der Waals surface area contributed by atoms with Crippen LogP contribution >= 0.6 is 0 Å². The fourth-order valence-corrected chi connectivity index (χ4v) is 2.02. The molecule has 1 N–H and O–H groups in total. The van der Waals surface area contributed by atoms with Gasteiger partial charge < -0.3 is 5.32 Å². The summed E-state index contributed by atoms with van der Waals surface area (Å²) in [7, 11) is 0. The summed E-state index contributed by atoms with van der Waals surface area (Å²) in [6.45, 7) is 0. The molecule has 0 spiro atoms. The van der Waals surface area contributed by atoms with Crippen molar-refractivity contribution in [3.63, 3.8) is 0 Å². The zero-order valence-electron chi connectivity index (χ0n) is 8.80. The van der Waals surface area contributed by atoms with Crippen molar-refractivity contribution in [2.45, 2.75) is 25.7 Å². The van der Waals surface area contributed by atoms with Crippen LogP contribution in [0, 0.1) is 17.6 Å². The quantitative estimate of drug-likeness (QED) is 0.823. The molecular formula is C12H13F2NO. The molecule has 0 heterocycles. The predicted molar refractivity (Wildman–Crippen MR) is 56.9 cm³/mol. The molecule has 1 aliphatic carbocycles. The van der Waals surface area contributed by atoms with Crippen molar-refractivity contribution in [3.8, 4) is 0 Å². The zero-order valence-corrected chi connectivity index (χ0v) is 8.80. The molecule has 1 aliphatic rings. The summed E-state index contributed by atoms with van der Waals surface area (Å²) in [6, 6.07) is 3.04. The average Bonchev–Trinajstić information content (AvgIpc) is 2.76. The smallest absolute Gasteiger partial charge is 0.227 e. The van der Waals surface area contributed by atoms with Crippen molar-refractivity contribution in [1.29, 1.82) is 0 Å². The third kappa shape index (κ3) is 2.38. The Morgan fingerprint density at radius 1 is 1.25 bits per heavy atom. The number of rotatable bonds is 2. The standard InChI is InChI=1S/C12H13F2NO/c13-9-5-6-10(14)11(7-9)15-12(16)8-3-1-2-4-8/h5-8H,1-4H2,(H,15,16). The van der Waals surface area contributed by atoms with Gasteiger partial charge in [0.25, 0.3) is 0 Å². The van der Waals surface area contributed by atoms with E-state index >= 15 is 0 Å². The Kier molecular flexibility index (Phi) is 3.17. The number of halogens is 2. The van der Waals surface area contributed by atoms with Gasteiger partial charge >= 0.3 is 0 Å². The van der Waals surface area contributed by atoms with Crippen molar-refractivity contribution in [1.82, 2.24) is 0 Å². The Hall–Kier alpha value is -1.45. The number of benzene rings is 1. The Balaban J connectivity index is 2.07. The van der Waals surface area contributed by atoms with Crippen LogP contribution in [0.15, 0.2) is 18.2 Å². The number of amides is 1. The molecule has 1 aromatic rings. The van der Waals surface area contributed by atoms with Crippen molar-refractivity contribution in [3.05, 3.63) is 29.8 Å². The lowest BCUT2D eigenvalue weighted by atomic mass is 10.1. The van der Waals surface area contributed by atoms with Crippen LogP contribution in [0.1, 0.15) is 25.7 Å². The molecule has 16 heavy (non-hydrogen) atoms. The summed E-state index contributed by atoms with van der Waals surface area (Å²) >= 11 is 0. The summed E-state index contributed by atoms with van der Waals surface area (Å²) < 4.78 is 26.1. The van der Waals surface area contributed by atoms with Crippen LogP contribution in [0.2, 0.25) is 0 Å². The molecule has 0 unspecified atom stereocenters. The van der Waals surface area contributed by atoms with E-state index < -0.39 is 11.6 Å². The molecule has 2 rings (SSSR count). The van der Waals surface area contributed by atoms with Gasteiger partial charge in [0.05, 0.1) is 5.69 Å². The van der Waals surface area contributed by atoms with Crippen molar-refractivity contribution < 1.29 is 13.6 Å². The van der Waals surface area contributed by atoms with Crippen LogP contribution in [-0.4, -0.2) is 5.91 Å². The lowest BCUT2D eigenvalue weighted by Gasteiger charge is -2.10. The van der Waals surface area contributed by atoms with Crippen LogP contribution in [0.5, 0.6) is 0 Å². The third-order valence-corrected chi connectivity index (χ3v) is 2.91. The fraction of sp³-hybridized carbons (Fsp3) is 0.417. The van der Waals surface area contributed by atoms with E-state index in [0.29, 0.717) is 0 Å². The predicted octanol–water partition coefficient (Wildman–Crippen LogP) is 3.09. The molecule has 2 nitrogen and oxygen atoms in total. The van der Waals surface area contributed by atoms with Gasteiger partial charge in [-0.2, -0.15) is 0 Å². The van der Waals surface area contributed by atoms with Gasteiger partial charge in [0.15, 0.2) is 0 Å². The first kappa shape index (κ1) is 11.0. The second kappa shape index (κ2) is 4.60. The van der Waals surface area contributed by atoms with Gasteiger partial charge in [-0.25, -0.2) is 8.78 Å². The zero-order chi connectivity index (χ0) is 11.5. The highest BCUT2D eigenvalue weighted by molar-refractivity contribution is 5.92. The summed E-state index contributed by atoms with van der Waals surface area (Å²) in [5.41, 5.74) is -0.0723.